The molecule has 2 aromatic rings. The predicted octanol–water partition coefficient (Wildman–Crippen LogP) is 2.87. The Bertz CT molecular complexity index is 788. The van der Waals surface area contributed by atoms with Crippen LogP contribution in [-0.4, -0.2) is 53.8 Å². The zero-order chi connectivity index (χ0) is 18.8. The highest BCUT2D eigenvalue weighted by Crippen LogP contribution is 2.29. The molecule has 6 nitrogen and oxygen atoms in total. The minimum Gasteiger partial charge on any atom is -0.497 e. The molecule has 3 heterocycles. The molecule has 1 aromatic carbocycles. The van der Waals surface area contributed by atoms with Crippen molar-refractivity contribution in [2.45, 2.75) is 32.2 Å². The lowest BCUT2D eigenvalue weighted by Gasteiger charge is -2.40. The van der Waals surface area contributed by atoms with Gasteiger partial charge in [0.15, 0.2) is 0 Å². The van der Waals surface area contributed by atoms with E-state index in [1.54, 1.807) is 7.11 Å². The third-order valence-electron chi connectivity index (χ3n) is 5.69. The van der Waals surface area contributed by atoms with Gasteiger partial charge in [-0.05, 0) is 44.0 Å². The summed E-state index contributed by atoms with van der Waals surface area (Å²) in [5.41, 5.74) is 1.92. The SMILES string of the molecule is COc1ccc(C(=O)N2CC(Cn3c(C)cnc3C3CCOCC3)C2)cc1. The summed E-state index contributed by atoms with van der Waals surface area (Å²) in [4.78, 5) is 19.2. The van der Waals surface area contributed by atoms with Crippen molar-refractivity contribution in [3.8, 4) is 5.75 Å². The van der Waals surface area contributed by atoms with Crippen molar-refractivity contribution in [1.82, 2.24) is 14.5 Å². The van der Waals surface area contributed by atoms with E-state index in [-0.39, 0.29) is 5.91 Å². The molecule has 27 heavy (non-hydrogen) atoms. The van der Waals surface area contributed by atoms with Crippen LogP contribution >= 0.6 is 0 Å². The first kappa shape index (κ1) is 18.0. The maximum absolute atomic E-state index is 12.6. The van der Waals surface area contributed by atoms with Crippen LogP contribution in [0.2, 0.25) is 0 Å². The van der Waals surface area contributed by atoms with E-state index in [1.807, 2.05) is 35.4 Å². The number of methoxy groups -OCH3 is 1. The number of ether oxygens (including phenoxy) is 2. The summed E-state index contributed by atoms with van der Waals surface area (Å²) in [7, 11) is 1.63. The molecular formula is C21H27N3O3. The Labute approximate surface area is 160 Å². The number of benzene rings is 1. The molecule has 1 aromatic heterocycles. The normalized spacial score (nSPS) is 18.4. The van der Waals surface area contributed by atoms with Crippen LogP contribution < -0.4 is 4.74 Å². The van der Waals surface area contributed by atoms with Crippen molar-refractivity contribution in [3.05, 3.63) is 47.5 Å². The molecule has 0 saturated carbocycles. The Morgan fingerprint density at radius 2 is 1.93 bits per heavy atom. The molecule has 0 radical (unpaired) electrons. The van der Waals surface area contributed by atoms with Gasteiger partial charge in [-0.1, -0.05) is 0 Å². The maximum atomic E-state index is 12.6. The molecule has 0 spiro atoms. The first-order valence-electron chi connectivity index (χ1n) is 9.69. The van der Waals surface area contributed by atoms with Crippen molar-refractivity contribution in [2.75, 3.05) is 33.4 Å². The van der Waals surface area contributed by atoms with Crippen molar-refractivity contribution in [2.24, 2.45) is 5.92 Å². The lowest BCUT2D eigenvalue weighted by molar-refractivity contribution is 0.0460. The van der Waals surface area contributed by atoms with Gasteiger partial charge in [0.1, 0.15) is 11.6 Å². The van der Waals surface area contributed by atoms with E-state index in [2.05, 4.69) is 16.5 Å². The Morgan fingerprint density at radius 1 is 1.22 bits per heavy atom. The van der Waals surface area contributed by atoms with Crippen molar-refractivity contribution in [3.63, 3.8) is 0 Å². The number of hydrogen-bond acceptors (Lipinski definition) is 4. The van der Waals surface area contributed by atoms with Crippen LogP contribution in [-0.2, 0) is 11.3 Å². The fourth-order valence-corrected chi connectivity index (χ4v) is 4.02. The van der Waals surface area contributed by atoms with Crippen LogP contribution in [0.5, 0.6) is 5.75 Å². The van der Waals surface area contributed by atoms with E-state index in [9.17, 15) is 4.79 Å². The predicted molar refractivity (Wildman–Crippen MR) is 102 cm³/mol. The fraction of sp³-hybridized carbons (Fsp3) is 0.524. The highest BCUT2D eigenvalue weighted by atomic mass is 16.5. The Morgan fingerprint density at radius 3 is 2.59 bits per heavy atom. The van der Waals surface area contributed by atoms with Gasteiger partial charge in [-0.2, -0.15) is 0 Å². The number of aromatic nitrogens is 2. The summed E-state index contributed by atoms with van der Waals surface area (Å²) in [6.45, 7) is 6.30. The summed E-state index contributed by atoms with van der Waals surface area (Å²) in [5, 5.41) is 0. The van der Waals surface area contributed by atoms with Crippen LogP contribution in [0, 0.1) is 12.8 Å². The summed E-state index contributed by atoms with van der Waals surface area (Å²) in [5.74, 6) is 3.03. The topological polar surface area (TPSA) is 56.6 Å². The molecule has 1 amide bonds. The molecule has 0 unspecified atom stereocenters. The molecule has 0 N–H and O–H groups in total. The van der Waals surface area contributed by atoms with E-state index in [4.69, 9.17) is 9.47 Å². The van der Waals surface area contributed by atoms with Gasteiger partial charge < -0.3 is 18.9 Å². The summed E-state index contributed by atoms with van der Waals surface area (Å²) in [6, 6.07) is 7.33. The number of amides is 1. The molecule has 2 aliphatic heterocycles. The van der Waals surface area contributed by atoms with E-state index < -0.39 is 0 Å². The Kier molecular flexibility index (Phi) is 5.16. The first-order chi connectivity index (χ1) is 13.2. The van der Waals surface area contributed by atoms with Gasteiger partial charge in [-0.15, -0.1) is 0 Å². The highest BCUT2D eigenvalue weighted by molar-refractivity contribution is 5.94. The molecule has 2 fully saturated rings. The Hall–Kier alpha value is -2.34. The molecule has 4 rings (SSSR count). The molecule has 2 aliphatic rings. The maximum Gasteiger partial charge on any atom is 0.253 e. The number of imidazole rings is 1. The van der Waals surface area contributed by atoms with Gasteiger partial charge in [0.05, 0.1) is 7.11 Å². The number of carbonyl (C=O) groups excluding carboxylic acids is 1. The smallest absolute Gasteiger partial charge is 0.253 e. The summed E-state index contributed by atoms with van der Waals surface area (Å²) < 4.78 is 13.0. The average molecular weight is 369 g/mol. The van der Waals surface area contributed by atoms with Gasteiger partial charge in [0.2, 0.25) is 0 Å². The molecule has 0 atom stereocenters. The van der Waals surface area contributed by atoms with E-state index in [0.717, 1.165) is 57.0 Å². The number of hydrogen-bond donors (Lipinski definition) is 0. The minimum atomic E-state index is 0.0981. The molecule has 6 heteroatoms. The fourth-order valence-electron chi connectivity index (χ4n) is 4.02. The van der Waals surface area contributed by atoms with Crippen molar-refractivity contribution in [1.29, 1.82) is 0 Å². The second-order valence-electron chi connectivity index (χ2n) is 7.56. The highest BCUT2D eigenvalue weighted by Gasteiger charge is 2.33. The second kappa shape index (κ2) is 7.72. The van der Waals surface area contributed by atoms with Gasteiger partial charge in [-0.3, -0.25) is 4.79 Å². The largest absolute Gasteiger partial charge is 0.497 e. The summed E-state index contributed by atoms with van der Waals surface area (Å²) in [6.07, 6.45) is 4.07. The monoisotopic (exact) mass is 369 g/mol. The van der Waals surface area contributed by atoms with Gasteiger partial charge in [0, 0.05) is 62.1 Å². The Balaban J connectivity index is 1.36. The average Bonchev–Trinajstić information content (AvgIpc) is 3.05. The third kappa shape index (κ3) is 3.72. The van der Waals surface area contributed by atoms with Crippen molar-refractivity contribution >= 4 is 5.91 Å². The van der Waals surface area contributed by atoms with E-state index >= 15 is 0 Å². The van der Waals surface area contributed by atoms with Crippen LogP contribution in [0.25, 0.3) is 0 Å². The van der Waals surface area contributed by atoms with Gasteiger partial charge in [-0.25, -0.2) is 4.98 Å². The third-order valence-corrected chi connectivity index (χ3v) is 5.69. The van der Waals surface area contributed by atoms with E-state index in [1.165, 1.54) is 11.5 Å². The molecule has 0 bridgehead atoms. The molecule has 0 aliphatic carbocycles. The number of likely N-dealkylation sites (tertiary alicyclic amines) is 1. The number of rotatable bonds is 5. The zero-order valence-corrected chi connectivity index (χ0v) is 16.1. The van der Waals surface area contributed by atoms with E-state index in [0.29, 0.717) is 11.8 Å². The lowest BCUT2D eigenvalue weighted by atomic mass is 9.96. The van der Waals surface area contributed by atoms with Gasteiger partial charge in [0.25, 0.3) is 5.91 Å². The molecule has 144 valence electrons. The lowest BCUT2D eigenvalue weighted by Crippen LogP contribution is -2.51. The van der Waals surface area contributed by atoms with Crippen LogP contribution in [0.4, 0.5) is 0 Å². The first-order valence-corrected chi connectivity index (χ1v) is 9.69. The molecular weight excluding hydrogens is 342 g/mol. The van der Waals surface area contributed by atoms with Crippen LogP contribution in [0.1, 0.15) is 40.6 Å². The van der Waals surface area contributed by atoms with Gasteiger partial charge >= 0.3 is 0 Å². The number of aryl methyl sites for hydroxylation is 1. The standard InChI is InChI=1S/C21H27N3O3/c1-15-11-22-20(17-7-9-27-10-8-17)24(15)14-16-12-23(13-16)21(25)18-3-5-19(26-2)6-4-18/h3-6,11,16-17H,7-10,12-14H2,1-2H3. The van der Waals surface area contributed by atoms with Crippen LogP contribution in [0.15, 0.2) is 30.5 Å². The zero-order valence-electron chi connectivity index (χ0n) is 16.1. The number of nitrogens with zero attached hydrogens (tertiary/aromatic N) is 3. The minimum absolute atomic E-state index is 0.0981. The van der Waals surface area contributed by atoms with Crippen LogP contribution in [0.3, 0.4) is 0 Å². The quantitative estimate of drug-likeness (QED) is 0.813. The van der Waals surface area contributed by atoms with Crippen molar-refractivity contribution < 1.29 is 14.3 Å². The summed E-state index contributed by atoms with van der Waals surface area (Å²) >= 11 is 0. The second-order valence-corrected chi connectivity index (χ2v) is 7.56. The molecule has 2 saturated heterocycles. The number of carbonyl (C=O) groups is 1.